The Morgan fingerprint density at radius 1 is 1.14 bits per heavy atom. The van der Waals surface area contributed by atoms with Crippen LogP contribution in [0, 0.1) is 0 Å². The van der Waals surface area contributed by atoms with Crippen molar-refractivity contribution in [1.82, 2.24) is 0 Å². The SMILES string of the molecule is Nc1c(O)cc(C(=O)[C@@H](N)Cc2ccc(O)cc2)c(Cl)c1Cl. The molecule has 0 saturated heterocycles. The molecule has 2 rings (SSSR count). The van der Waals surface area contributed by atoms with Crippen molar-refractivity contribution in [2.45, 2.75) is 12.5 Å². The summed E-state index contributed by atoms with van der Waals surface area (Å²) in [7, 11) is 0. The van der Waals surface area contributed by atoms with E-state index in [2.05, 4.69) is 0 Å². The molecule has 0 aliphatic rings. The zero-order valence-electron chi connectivity index (χ0n) is 11.4. The topological polar surface area (TPSA) is 110 Å². The number of ketones is 1. The summed E-state index contributed by atoms with van der Waals surface area (Å²) in [5.74, 6) is -0.660. The molecule has 1 atom stereocenters. The van der Waals surface area contributed by atoms with E-state index in [1.165, 1.54) is 12.1 Å². The molecule has 0 fully saturated rings. The molecule has 0 aliphatic heterocycles. The van der Waals surface area contributed by atoms with Gasteiger partial charge in [-0.15, -0.1) is 0 Å². The van der Waals surface area contributed by atoms with Gasteiger partial charge in [0.1, 0.15) is 11.5 Å². The van der Waals surface area contributed by atoms with Gasteiger partial charge in [0.15, 0.2) is 5.78 Å². The third-order valence-corrected chi connectivity index (χ3v) is 4.10. The first-order valence-electron chi connectivity index (χ1n) is 6.35. The Labute approximate surface area is 137 Å². The van der Waals surface area contributed by atoms with E-state index in [1.807, 2.05) is 0 Å². The first kappa shape index (κ1) is 16.4. The quantitative estimate of drug-likeness (QED) is 0.388. The maximum atomic E-state index is 12.4. The Kier molecular flexibility index (Phi) is 4.81. The number of benzene rings is 2. The molecule has 0 bridgehead atoms. The lowest BCUT2D eigenvalue weighted by molar-refractivity contribution is 0.0960. The third kappa shape index (κ3) is 3.27. The van der Waals surface area contributed by atoms with Crippen molar-refractivity contribution in [2.75, 3.05) is 5.73 Å². The average Bonchev–Trinajstić information content (AvgIpc) is 2.50. The normalized spacial score (nSPS) is 12.1. The van der Waals surface area contributed by atoms with Crippen molar-refractivity contribution in [2.24, 2.45) is 5.73 Å². The van der Waals surface area contributed by atoms with Crippen molar-refractivity contribution in [1.29, 1.82) is 0 Å². The number of phenols is 2. The van der Waals surface area contributed by atoms with Gasteiger partial charge in [0, 0.05) is 5.56 Å². The molecule has 5 nitrogen and oxygen atoms in total. The predicted molar refractivity (Wildman–Crippen MR) is 86.7 cm³/mol. The predicted octanol–water partition coefficient (Wildman–Crippen LogP) is 2.74. The number of carbonyl (C=O) groups excluding carboxylic acids is 1. The zero-order chi connectivity index (χ0) is 16.4. The highest BCUT2D eigenvalue weighted by molar-refractivity contribution is 6.45. The van der Waals surface area contributed by atoms with E-state index in [9.17, 15) is 15.0 Å². The molecule has 0 aromatic heterocycles. The van der Waals surface area contributed by atoms with E-state index in [-0.39, 0.29) is 39.2 Å². The number of phenolic OH excluding ortho intramolecular Hbond substituents is 2. The van der Waals surface area contributed by atoms with Crippen LogP contribution >= 0.6 is 23.2 Å². The lowest BCUT2D eigenvalue weighted by Crippen LogP contribution is -2.33. The summed E-state index contributed by atoms with van der Waals surface area (Å²) in [6.07, 6.45) is 0.248. The summed E-state index contributed by atoms with van der Waals surface area (Å²) >= 11 is 11.9. The average molecular weight is 341 g/mol. The lowest BCUT2D eigenvalue weighted by Gasteiger charge is -2.14. The summed E-state index contributed by atoms with van der Waals surface area (Å²) in [5.41, 5.74) is 12.1. The highest BCUT2D eigenvalue weighted by Gasteiger charge is 2.23. The van der Waals surface area contributed by atoms with Gasteiger partial charge in [0.2, 0.25) is 0 Å². The number of Topliss-reactive ketones (excluding diaryl/α,β-unsaturated/α-hetero) is 1. The Morgan fingerprint density at radius 3 is 2.32 bits per heavy atom. The van der Waals surface area contributed by atoms with Crippen molar-refractivity contribution in [3.05, 3.63) is 51.5 Å². The molecule has 116 valence electrons. The number of nitrogen functional groups attached to an aromatic ring is 1. The van der Waals surface area contributed by atoms with Crippen molar-refractivity contribution in [3.8, 4) is 11.5 Å². The fraction of sp³-hybridized carbons (Fsp3) is 0.133. The largest absolute Gasteiger partial charge is 0.508 e. The molecule has 0 spiro atoms. The minimum absolute atomic E-state index is 0.0182. The Bertz CT molecular complexity index is 718. The zero-order valence-corrected chi connectivity index (χ0v) is 12.9. The van der Waals surface area contributed by atoms with Crippen molar-refractivity contribution in [3.63, 3.8) is 0 Å². The Hall–Kier alpha value is -1.95. The van der Waals surface area contributed by atoms with Gasteiger partial charge in [-0.25, -0.2) is 0 Å². The summed E-state index contributed by atoms with van der Waals surface area (Å²) in [6, 6.07) is 6.62. The van der Waals surface area contributed by atoms with E-state index in [0.717, 1.165) is 11.6 Å². The number of rotatable bonds is 4. The van der Waals surface area contributed by atoms with E-state index >= 15 is 0 Å². The van der Waals surface area contributed by atoms with Crippen LogP contribution in [0.15, 0.2) is 30.3 Å². The summed E-state index contributed by atoms with van der Waals surface area (Å²) in [5, 5.41) is 18.8. The van der Waals surface area contributed by atoms with Crippen LogP contribution in [0.25, 0.3) is 0 Å². The van der Waals surface area contributed by atoms with E-state index in [4.69, 9.17) is 34.7 Å². The third-order valence-electron chi connectivity index (χ3n) is 3.22. The Balaban J connectivity index is 2.26. The molecule has 2 aromatic carbocycles. The fourth-order valence-corrected chi connectivity index (χ4v) is 2.43. The standard InChI is InChI=1S/C15H14Cl2N2O3/c16-12-9(6-11(21)14(19)13(12)17)15(22)10(18)5-7-1-3-8(20)4-2-7/h1-4,6,10,20-21H,5,18-19H2/t10-/m0/s1. The molecule has 7 heteroatoms. The molecule has 6 N–H and O–H groups in total. The van der Waals surface area contributed by atoms with Gasteiger partial charge < -0.3 is 21.7 Å². The molecule has 0 heterocycles. The van der Waals surface area contributed by atoms with E-state index in [1.54, 1.807) is 12.1 Å². The monoisotopic (exact) mass is 340 g/mol. The van der Waals surface area contributed by atoms with E-state index < -0.39 is 11.8 Å². The fourth-order valence-electron chi connectivity index (χ4n) is 1.98. The number of anilines is 1. The number of aromatic hydroxyl groups is 2. The van der Waals surface area contributed by atoms with Crippen LogP contribution in [0.3, 0.4) is 0 Å². The number of hydrogen-bond acceptors (Lipinski definition) is 5. The van der Waals surface area contributed by atoms with E-state index in [0.29, 0.717) is 0 Å². The lowest BCUT2D eigenvalue weighted by atomic mass is 9.98. The van der Waals surface area contributed by atoms with Gasteiger partial charge in [-0.3, -0.25) is 4.79 Å². The van der Waals surface area contributed by atoms with Crippen molar-refractivity contribution >= 4 is 34.7 Å². The van der Waals surface area contributed by atoms with Gasteiger partial charge in [-0.2, -0.15) is 0 Å². The number of nitrogens with two attached hydrogens (primary N) is 2. The summed E-state index contributed by atoms with van der Waals surface area (Å²) < 4.78 is 0. The molecular weight excluding hydrogens is 327 g/mol. The van der Waals surface area contributed by atoms with Crippen LogP contribution in [0.4, 0.5) is 5.69 Å². The van der Waals surface area contributed by atoms with Crippen LogP contribution in [0.1, 0.15) is 15.9 Å². The molecule has 0 amide bonds. The van der Waals surface area contributed by atoms with Crippen molar-refractivity contribution < 1.29 is 15.0 Å². The number of halogens is 2. The highest BCUT2D eigenvalue weighted by Crippen LogP contribution is 2.38. The molecule has 0 radical (unpaired) electrons. The second-order valence-corrected chi connectivity index (χ2v) is 5.58. The van der Waals surface area contributed by atoms with Crippen LogP contribution in [0.2, 0.25) is 10.0 Å². The first-order valence-corrected chi connectivity index (χ1v) is 7.11. The van der Waals surface area contributed by atoms with Gasteiger partial charge in [0.05, 0.1) is 21.8 Å². The molecule has 22 heavy (non-hydrogen) atoms. The minimum Gasteiger partial charge on any atom is -0.508 e. The van der Waals surface area contributed by atoms with Crippen LogP contribution in [-0.2, 0) is 6.42 Å². The van der Waals surface area contributed by atoms with Crippen LogP contribution < -0.4 is 11.5 Å². The maximum absolute atomic E-state index is 12.4. The Morgan fingerprint density at radius 2 is 1.73 bits per heavy atom. The maximum Gasteiger partial charge on any atom is 0.181 e. The van der Waals surface area contributed by atoms with Gasteiger partial charge in [-0.1, -0.05) is 35.3 Å². The molecule has 0 unspecified atom stereocenters. The number of carbonyl (C=O) groups is 1. The van der Waals surface area contributed by atoms with Gasteiger partial charge in [0.25, 0.3) is 0 Å². The minimum atomic E-state index is -0.874. The smallest absolute Gasteiger partial charge is 0.181 e. The van der Waals surface area contributed by atoms with Gasteiger partial charge in [-0.05, 0) is 30.2 Å². The van der Waals surface area contributed by atoms with Crippen LogP contribution in [0.5, 0.6) is 11.5 Å². The number of hydrogen-bond donors (Lipinski definition) is 4. The first-order chi connectivity index (χ1) is 10.3. The summed E-state index contributed by atoms with van der Waals surface area (Å²) in [4.78, 5) is 12.4. The van der Waals surface area contributed by atoms with Gasteiger partial charge >= 0.3 is 0 Å². The van der Waals surface area contributed by atoms with Crippen LogP contribution in [-0.4, -0.2) is 22.0 Å². The molecule has 0 aliphatic carbocycles. The molecular formula is C15H14Cl2N2O3. The second kappa shape index (κ2) is 6.44. The molecule has 2 aromatic rings. The molecule has 0 saturated carbocycles. The highest BCUT2D eigenvalue weighted by atomic mass is 35.5. The second-order valence-electron chi connectivity index (χ2n) is 4.83. The summed E-state index contributed by atoms with van der Waals surface area (Å²) in [6.45, 7) is 0.